The number of likely N-dealkylation sites (tertiary alicyclic amines) is 1. The highest BCUT2D eigenvalue weighted by atomic mass is 32.2. The largest absolute Gasteiger partial charge is 0.565 e. The predicted octanol–water partition coefficient (Wildman–Crippen LogP) is 3.07. The van der Waals surface area contributed by atoms with Crippen molar-refractivity contribution in [1.82, 2.24) is 29.0 Å². The van der Waals surface area contributed by atoms with Gasteiger partial charge in [0.25, 0.3) is 5.91 Å². The van der Waals surface area contributed by atoms with Gasteiger partial charge >= 0.3 is 0 Å². The van der Waals surface area contributed by atoms with Crippen LogP contribution in [-0.2, 0) is 10.0 Å². The van der Waals surface area contributed by atoms with Crippen molar-refractivity contribution in [2.45, 2.75) is 89.1 Å². The number of amides is 1. The van der Waals surface area contributed by atoms with Crippen LogP contribution in [-0.4, -0.2) is 117 Å². The van der Waals surface area contributed by atoms with Gasteiger partial charge in [0.1, 0.15) is 12.1 Å². The first kappa shape index (κ1) is 36.1. The standard InChI is InChI=1S/C33H47FN6O3S.CH2O3/c1-23-21-38(33(4)12-16-37(17-13-33)32(41)30-24(2)35-22-36-25(30)3)18-19-40(23)31(27-6-5-7-28(34)20-27)26-10-14-39(15-11-26)44(42,43)29-8-9-29;2-1(3)4/h5-7,20,22-23,26,29,31H,8-19,21H2,1-4H3;(H2,2,3,4)/p-1/t23-,31+;/m1./s1. The van der Waals surface area contributed by atoms with E-state index < -0.39 is 16.2 Å². The normalized spacial score (nSPS) is 23.6. The van der Waals surface area contributed by atoms with E-state index in [1.54, 1.807) is 16.4 Å². The maximum atomic E-state index is 14.5. The van der Waals surface area contributed by atoms with Gasteiger partial charge in [0, 0.05) is 63.4 Å². The molecule has 1 amide bonds. The zero-order valence-electron chi connectivity index (χ0n) is 28.3. The summed E-state index contributed by atoms with van der Waals surface area (Å²) in [6.45, 7) is 13.5. The van der Waals surface area contributed by atoms with Crippen LogP contribution in [0.25, 0.3) is 0 Å². The van der Waals surface area contributed by atoms with Crippen molar-refractivity contribution in [3.05, 3.63) is 58.9 Å². The molecule has 1 aromatic heterocycles. The Balaban J connectivity index is 0.00000107. The Kier molecular flexibility index (Phi) is 11.1. The highest BCUT2D eigenvalue weighted by molar-refractivity contribution is 7.90. The number of benzene rings is 1. The third-order valence-electron chi connectivity index (χ3n) is 10.8. The number of piperidine rings is 2. The second-order valence-electron chi connectivity index (χ2n) is 14.0. The van der Waals surface area contributed by atoms with Crippen molar-refractivity contribution >= 4 is 22.1 Å². The van der Waals surface area contributed by atoms with E-state index in [2.05, 4.69) is 33.6 Å². The van der Waals surface area contributed by atoms with Gasteiger partial charge in [-0.2, -0.15) is 0 Å². The minimum atomic E-state index is -3.18. The highest BCUT2D eigenvalue weighted by Gasteiger charge is 2.45. The Labute approximate surface area is 283 Å². The molecule has 3 aliphatic heterocycles. The molecule has 48 heavy (non-hydrogen) atoms. The number of nitrogens with zero attached hydrogens (tertiary/aromatic N) is 6. The Morgan fingerprint density at radius 1 is 1.00 bits per heavy atom. The lowest BCUT2D eigenvalue weighted by atomic mass is 9.82. The van der Waals surface area contributed by atoms with Gasteiger partial charge in [0.15, 0.2) is 0 Å². The molecule has 12 nitrogen and oxygen atoms in total. The highest BCUT2D eigenvalue weighted by Crippen LogP contribution is 2.41. The Morgan fingerprint density at radius 2 is 1.60 bits per heavy atom. The first-order valence-electron chi connectivity index (χ1n) is 16.9. The maximum Gasteiger partial charge on any atom is 0.257 e. The molecule has 14 heteroatoms. The van der Waals surface area contributed by atoms with E-state index in [0.29, 0.717) is 31.7 Å². The van der Waals surface area contributed by atoms with E-state index in [0.717, 1.165) is 75.1 Å². The quantitative estimate of drug-likeness (QED) is 0.460. The number of aromatic nitrogens is 2. The number of hydrogen-bond acceptors (Lipinski definition) is 9. The summed E-state index contributed by atoms with van der Waals surface area (Å²) in [5.41, 5.74) is 3.05. The van der Waals surface area contributed by atoms with Crippen molar-refractivity contribution in [3.63, 3.8) is 0 Å². The fraction of sp³-hybridized carbons (Fsp3) is 0.647. The van der Waals surface area contributed by atoms with E-state index in [4.69, 9.17) is 15.0 Å². The summed E-state index contributed by atoms with van der Waals surface area (Å²) < 4.78 is 42.0. The summed E-state index contributed by atoms with van der Waals surface area (Å²) in [7, 11) is -3.18. The fourth-order valence-corrected chi connectivity index (χ4v) is 9.76. The van der Waals surface area contributed by atoms with Crippen LogP contribution in [0.5, 0.6) is 0 Å². The molecule has 2 aromatic rings. The number of piperazine rings is 1. The van der Waals surface area contributed by atoms with Gasteiger partial charge in [-0.05, 0) is 89.8 Å². The average Bonchev–Trinajstić information content (AvgIpc) is 3.89. The monoisotopic (exact) mass is 687 g/mol. The predicted molar refractivity (Wildman–Crippen MR) is 176 cm³/mol. The Hall–Kier alpha value is -3.20. The second-order valence-corrected chi connectivity index (χ2v) is 16.2. The van der Waals surface area contributed by atoms with Crippen LogP contribution in [0, 0.1) is 25.6 Å². The van der Waals surface area contributed by atoms with Crippen LogP contribution in [0.3, 0.4) is 0 Å². The van der Waals surface area contributed by atoms with E-state index in [1.807, 2.05) is 24.8 Å². The summed E-state index contributed by atoms with van der Waals surface area (Å²) in [6.07, 6.45) is 4.36. The van der Waals surface area contributed by atoms with Crippen LogP contribution < -0.4 is 5.11 Å². The first-order valence-corrected chi connectivity index (χ1v) is 18.4. The molecule has 1 aromatic carbocycles. The summed E-state index contributed by atoms with van der Waals surface area (Å²) >= 11 is 0. The fourth-order valence-electron chi connectivity index (χ4n) is 7.89. The van der Waals surface area contributed by atoms with E-state index in [9.17, 15) is 17.6 Å². The lowest BCUT2D eigenvalue weighted by Crippen LogP contribution is -2.63. The third-order valence-corrected chi connectivity index (χ3v) is 13.2. The molecule has 0 radical (unpaired) electrons. The van der Waals surface area contributed by atoms with Crippen molar-refractivity contribution in [2.24, 2.45) is 5.92 Å². The van der Waals surface area contributed by atoms with E-state index in [1.165, 1.54) is 12.4 Å². The molecule has 4 aliphatic rings. The SMILES string of the molecule is Cc1ncnc(C)c1C(=O)N1CCC(C)(N2CCN([C@H](c3cccc(F)c3)C3CCN(S(=O)(=O)C4CC4)CC3)[C@H](C)C2)CC1.O=C([O-])O. The van der Waals surface area contributed by atoms with Gasteiger partial charge in [0.05, 0.1) is 22.2 Å². The van der Waals surface area contributed by atoms with Crippen LogP contribution in [0.4, 0.5) is 9.18 Å². The minimum absolute atomic E-state index is 0.00866. The zero-order valence-corrected chi connectivity index (χ0v) is 29.2. The molecule has 2 atom stereocenters. The van der Waals surface area contributed by atoms with Gasteiger partial charge in [-0.25, -0.2) is 27.1 Å². The van der Waals surface area contributed by atoms with Gasteiger partial charge in [-0.3, -0.25) is 14.6 Å². The smallest absolute Gasteiger partial charge is 0.257 e. The van der Waals surface area contributed by atoms with E-state index in [-0.39, 0.29) is 40.5 Å². The molecular weight excluding hydrogens is 639 g/mol. The second kappa shape index (κ2) is 14.7. The van der Waals surface area contributed by atoms with E-state index >= 15 is 0 Å². The molecule has 0 bridgehead atoms. The lowest BCUT2D eigenvalue weighted by molar-refractivity contribution is -0.275. The number of hydrogen-bond donors (Lipinski definition) is 1. The minimum Gasteiger partial charge on any atom is -0.565 e. The summed E-state index contributed by atoms with van der Waals surface area (Å²) in [5.74, 6) is 0.0544. The molecule has 6 rings (SSSR count). The number of carbonyl (C=O) groups is 2. The van der Waals surface area contributed by atoms with Gasteiger partial charge < -0.3 is 19.9 Å². The topological polar surface area (TPSA) is 150 Å². The molecular formula is C34H48FN6O6S-. The van der Waals surface area contributed by atoms with Crippen molar-refractivity contribution in [2.75, 3.05) is 45.8 Å². The van der Waals surface area contributed by atoms with Crippen LogP contribution in [0.2, 0.25) is 0 Å². The summed E-state index contributed by atoms with van der Waals surface area (Å²) in [5, 5.41) is 15.1. The number of carbonyl (C=O) groups excluding carboxylic acids is 1. The number of aryl methyl sites for hydroxylation is 2. The first-order chi connectivity index (χ1) is 22.7. The molecule has 0 unspecified atom stereocenters. The number of carboxylic acid groups (broad SMARTS) is 2. The number of halogens is 1. The van der Waals surface area contributed by atoms with Gasteiger partial charge in [-0.15, -0.1) is 0 Å². The molecule has 4 heterocycles. The molecule has 1 aliphatic carbocycles. The lowest BCUT2D eigenvalue weighted by Gasteiger charge is -2.54. The maximum absolute atomic E-state index is 14.5. The van der Waals surface area contributed by atoms with Gasteiger partial charge in [-0.1, -0.05) is 12.1 Å². The molecule has 264 valence electrons. The molecule has 4 fully saturated rings. The zero-order chi connectivity index (χ0) is 34.8. The van der Waals surface area contributed by atoms with Crippen LogP contribution in [0.1, 0.15) is 85.7 Å². The molecule has 0 spiro atoms. The molecule has 3 saturated heterocycles. The van der Waals surface area contributed by atoms with Crippen LogP contribution in [0.15, 0.2) is 30.6 Å². The molecule has 1 saturated carbocycles. The van der Waals surface area contributed by atoms with Crippen molar-refractivity contribution < 1.29 is 32.6 Å². The third kappa shape index (κ3) is 7.98. The number of rotatable bonds is 7. The van der Waals surface area contributed by atoms with Crippen molar-refractivity contribution in [3.8, 4) is 0 Å². The average molecular weight is 688 g/mol. The van der Waals surface area contributed by atoms with Crippen LogP contribution >= 0.6 is 0 Å². The Morgan fingerprint density at radius 3 is 2.15 bits per heavy atom. The summed E-state index contributed by atoms with van der Waals surface area (Å²) in [4.78, 5) is 37.4. The molecule has 1 N–H and O–H groups in total. The number of sulfonamides is 1. The van der Waals surface area contributed by atoms with Crippen molar-refractivity contribution in [1.29, 1.82) is 0 Å². The summed E-state index contributed by atoms with van der Waals surface area (Å²) in [6, 6.07) is 7.29. The Bertz CT molecular complexity index is 1550. The van der Waals surface area contributed by atoms with Gasteiger partial charge in [0.2, 0.25) is 16.2 Å².